The van der Waals surface area contributed by atoms with E-state index in [1.54, 1.807) is 12.1 Å². The predicted octanol–water partition coefficient (Wildman–Crippen LogP) is 4.88. The Bertz CT molecular complexity index is 957. The lowest BCUT2D eigenvalue weighted by Gasteiger charge is -2.33. The molecule has 0 spiro atoms. The first-order valence-corrected chi connectivity index (χ1v) is 10.9. The van der Waals surface area contributed by atoms with Crippen LogP contribution in [0.5, 0.6) is 5.75 Å². The van der Waals surface area contributed by atoms with Gasteiger partial charge in [0, 0.05) is 30.9 Å². The van der Waals surface area contributed by atoms with Crippen molar-refractivity contribution >= 4 is 5.95 Å². The molecular formula is C25H30N4O. The molecule has 0 radical (unpaired) electrons. The van der Waals surface area contributed by atoms with Gasteiger partial charge in [0.25, 0.3) is 0 Å². The zero-order valence-electron chi connectivity index (χ0n) is 17.6. The van der Waals surface area contributed by atoms with Gasteiger partial charge in [0.2, 0.25) is 5.95 Å². The van der Waals surface area contributed by atoms with Crippen LogP contribution in [0, 0.1) is 0 Å². The predicted molar refractivity (Wildman–Crippen MR) is 121 cm³/mol. The molecule has 2 heterocycles. The fraction of sp³-hybridized carbons (Fsp3) is 0.360. The third kappa shape index (κ3) is 5.36. The highest BCUT2D eigenvalue weighted by atomic mass is 16.3. The first kappa shape index (κ1) is 20.4. The number of piperidine rings is 1. The summed E-state index contributed by atoms with van der Waals surface area (Å²) in [6.07, 6.45) is 6.60. The molecule has 0 aliphatic carbocycles. The standard InChI is InChI=1S/C25H30N4O/c1-19-5-2-3-16-29(19)18-21-6-4-7-22(17-21)24-13-15-27-25(28-24)26-14-12-20-8-10-23(30)11-9-20/h4,6-11,13,15,17,19,30H,2-3,5,12,14,16,18H2,1H3,(H,26,27,28)/t19-/m0/s1. The molecule has 2 aromatic carbocycles. The van der Waals surface area contributed by atoms with Crippen LogP contribution in [-0.4, -0.2) is 39.1 Å². The Kier molecular flexibility index (Phi) is 6.60. The minimum Gasteiger partial charge on any atom is -0.508 e. The third-order valence-electron chi connectivity index (χ3n) is 5.84. The normalized spacial score (nSPS) is 17.0. The van der Waals surface area contributed by atoms with Gasteiger partial charge in [-0.2, -0.15) is 0 Å². The van der Waals surface area contributed by atoms with Gasteiger partial charge in [0.15, 0.2) is 0 Å². The molecule has 1 saturated heterocycles. The monoisotopic (exact) mass is 402 g/mol. The topological polar surface area (TPSA) is 61.3 Å². The maximum Gasteiger partial charge on any atom is 0.223 e. The van der Waals surface area contributed by atoms with Gasteiger partial charge < -0.3 is 10.4 Å². The molecule has 4 rings (SSSR count). The number of aromatic hydroxyl groups is 1. The van der Waals surface area contributed by atoms with Gasteiger partial charge in [-0.15, -0.1) is 0 Å². The number of anilines is 1. The molecule has 3 aromatic rings. The molecule has 0 saturated carbocycles. The van der Waals surface area contributed by atoms with Gasteiger partial charge in [-0.05, 0) is 68.1 Å². The Morgan fingerprint density at radius 3 is 2.77 bits per heavy atom. The van der Waals surface area contributed by atoms with E-state index >= 15 is 0 Å². The van der Waals surface area contributed by atoms with Gasteiger partial charge in [-0.3, -0.25) is 4.90 Å². The molecule has 5 heteroatoms. The molecule has 0 unspecified atom stereocenters. The molecular weight excluding hydrogens is 372 g/mol. The molecule has 1 aliphatic rings. The lowest BCUT2D eigenvalue weighted by atomic mass is 10.0. The van der Waals surface area contributed by atoms with Crippen molar-refractivity contribution in [2.24, 2.45) is 0 Å². The first-order chi connectivity index (χ1) is 14.7. The number of nitrogens with one attached hydrogen (secondary N) is 1. The van der Waals surface area contributed by atoms with Gasteiger partial charge >= 0.3 is 0 Å². The van der Waals surface area contributed by atoms with Gasteiger partial charge in [-0.1, -0.05) is 36.8 Å². The third-order valence-corrected chi connectivity index (χ3v) is 5.84. The molecule has 30 heavy (non-hydrogen) atoms. The van der Waals surface area contributed by atoms with Gasteiger partial charge in [-0.25, -0.2) is 9.97 Å². The number of phenols is 1. The number of rotatable bonds is 7. The van der Waals surface area contributed by atoms with Crippen molar-refractivity contribution < 1.29 is 5.11 Å². The number of nitrogens with zero attached hydrogens (tertiary/aromatic N) is 3. The Balaban J connectivity index is 1.39. The van der Waals surface area contributed by atoms with Crippen LogP contribution in [-0.2, 0) is 13.0 Å². The van der Waals surface area contributed by atoms with E-state index in [1.165, 1.54) is 31.4 Å². The minimum atomic E-state index is 0.291. The van der Waals surface area contributed by atoms with Crippen molar-refractivity contribution in [2.75, 3.05) is 18.4 Å². The van der Waals surface area contributed by atoms with E-state index in [4.69, 9.17) is 4.98 Å². The van der Waals surface area contributed by atoms with Crippen molar-refractivity contribution in [3.05, 3.63) is 71.9 Å². The summed E-state index contributed by atoms with van der Waals surface area (Å²) in [7, 11) is 0. The van der Waals surface area contributed by atoms with Crippen LogP contribution in [0.2, 0.25) is 0 Å². The summed E-state index contributed by atoms with van der Waals surface area (Å²) in [5.74, 6) is 0.932. The molecule has 1 aliphatic heterocycles. The van der Waals surface area contributed by atoms with Crippen molar-refractivity contribution in [1.29, 1.82) is 0 Å². The zero-order valence-corrected chi connectivity index (χ0v) is 17.6. The summed E-state index contributed by atoms with van der Waals surface area (Å²) in [5.41, 5.74) is 4.56. The average molecular weight is 403 g/mol. The molecule has 1 fully saturated rings. The van der Waals surface area contributed by atoms with Crippen LogP contribution in [0.1, 0.15) is 37.3 Å². The number of likely N-dealkylation sites (tertiary alicyclic amines) is 1. The fourth-order valence-corrected chi connectivity index (χ4v) is 4.04. The summed E-state index contributed by atoms with van der Waals surface area (Å²) >= 11 is 0. The fourth-order valence-electron chi connectivity index (χ4n) is 4.04. The summed E-state index contributed by atoms with van der Waals surface area (Å²) in [6, 6.07) is 18.6. The molecule has 1 aromatic heterocycles. The smallest absolute Gasteiger partial charge is 0.223 e. The average Bonchev–Trinajstić information content (AvgIpc) is 2.77. The second kappa shape index (κ2) is 9.72. The quantitative estimate of drug-likeness (QED) is 0.590. The molecule has 2 N–H and O–H groups in total. The van der Waals surface area contributed by atoms with E-state index < -0.39 is 0 Å². The summed E-state index contributed by atoms with van der Waals surface area (Å²) < 4.78 is 0. The number of benzene rings is 2. The first-order valence-electron chi connectivity index (χ1n) is 10.9. The van der Waals surface area contributed by atoms with Crippen molar-refractivity contribution in [3.8, 4) is 17.0 Å². The zero-order chi connectivity index (χ0) is 20.8. The summed E-state index contributed by atoms with van der Waals surface area (Å²) in [6.45, 7) is 5.26. The Morgan fingerprint density at radius 1 is 1.07 bits per heavy atom. The van der Waals surface area contributed by atoms with Crippen molar-refractivity contribution in [1.82, 2.24) is 14.9 Å². The Morgan fingerprint density at radius 2 is 1.93 bits per heavy atom. The number of phenolic OH excluding ortho intramolecular Hbond substituents is 1. The van der Waals surface area contributed by atoms with Crippen LogP contribution in [0.15, 0.2) is 60.8 Å². The maximum atomic E-state index is 9.38. The molecule has 1 atom stereocenters. The number of hydrogen-bond donors (Lipinski definition) is 2. The van der Waals surface area contributed by atoms with E-state index in [-0.39, 0.29) is 0 Å². The largest absolute Gasteiger partial charge is 0.508 e. The van der Waals surface area contributed by atoms with E-state index in [0.29, 0.717) is 17.7 Å². The van der Waals surface area contributed by atoms with E-state index in [0.717, 1.165) is 36.3 Å². The van der Waals surface area contributed by atoms with Crippen LogP contribution in [0.3, 0.4) is 0 Å². The molecule has 5 nitrogen and oxygen atoms in total. The van der Waals surface area contributed by atoms with Crippen LogP contribution < -0.4 is 5.32 Å². The van der Waals surface area contributed by atoms with Crippen molar-refractivity contribution in [2.45, 2.75) is 45.2 Å². The van der Waals surface area contributed by atoms with E-state index in [9.17, 15) is 5.11 Å². The summed E-state index contributed by atoms with van der Waals surface area (Å²) in [4.78, 5) is 11.7. The second-order valence-corrected chi connectivity index (χ2v) is 8.12. The maximum absolute atomic E-state index is 9.38. The molecule has 156 valence electrons. The Hall–Kier alpha value is -2.92. The van der Waals surface area contributed by atoms with Gasteiger partial charge in [0.05, 0.1) is 5.69 Å². The SMILES string of the molecule is C[C@H]1CCCCN1Cc1cccc(-c2ccnc(NCCc3ccc(O)cc3)n2)c1. The Labute approximate surface area is 178 Å². The summed E-state index contributed by atoms with van der Waals surface area (Å²) in [5, 5.41) is 12.7. The van der Waals surface area contributed by atoms with E-state index in [2.05, 4.69) is 46.4 Å². The van der Waals surface area contributed by atoms with E-state index in [1.807, 2.05) is 24.4 Å². The highest BCUT2D eigenvalue weighted by Crippen LogP contribution is 2.23. The second-order valence-electron chi connectivity index (χ2n) is 8.12. The lowest BCUT2D eigenvalue weighted by molar-refractivity contribution is 0.152. The van der Waals surface area contributed by atoms with Crippen LogP contribution >= 0.6 is 0 Å². The van der Waals surface area contributed by atoms with Crippen LogP contribution in [0.25, 0.3) is 11.3 Å². The van der Waals surface area contributed by atoms with Crippen molar-refractivity contribution in [3.63, 3.8) is 0 Å². The lowest BCUT2D eigenvalue weighted by Crippen LogP contribution is -2.36. The van der Waals surface area contributed by atoms with Crippen LogP contribution in [0.4, 0.5) is 5.95 Å². The van der Waals surface area contributed by atoms with Gasteiger partial charge in [0.1, 0.15) is 5.75 Å². The highest BCUT2D eigenvalue weighted by Gasteiger charge is 2.18. The molecule has 0 amide bonds. The molecule has 0 bridgehead atoms. The minimum absolute atomic E-state index is 0.291. The highest BCUT2D eigenvalue weighted by molar-refractivity contribution is 5.61. The number of hydrogen-bond acceptors (Lipinski definition) is 5. The number of aromatic nitrogens is 2.